The Morgan fingerprint density at radius 1 is 1.20 bits per heavy atom. The highest BCUT2D eigenvalue weighted by Gasteiger charge is 2.39. The molecule has 0 spiro atoms. The van der Waals surface area contributed by atoms with E-state index in [1.807, 2.05) is 6.92 Å². The average molecular weight is 275 g/mol. The van der Waals surface area contributed by atoms with Gasteiger partial charge in [-0.1, -0.05) is 29.3 Å². The Kier molecular flexibility index (Phi) is 4.45. The molecule has 3 N–H and O–H groups in total. The lowest BCUT2D eigenvalue weighted by Gasteiger charge is -2.39. The normalized spacial score (nSPS) is 20.1. The fraction of sp³-hybridized carbons (Fsp3) is 0.562. The molecule has 1 aromatic carbocycles. The van der Waals surface area contributed by atoms with Gasteiger partial charge in [-0.2, -0.15) is 0 Å². The number of benzene rings is 1. The van der Waals surface area contributed by atoms with Crippen LogP contribution in [0.1, 0.15) is 30.0 Å². The van der Waals surface area contributed by atoms with Crippen molar-refractivity contribution in [2.24, 2.45) is 5.73 Å². The number of amides is 1. The van der Waals surface area contributed by atoms with E-state index in [1.54, 1.807) is 0 Å². The minimum absolute atomic E-state index is 0.274. The summed E-state index contributed by atoms with van der Waals surface area (Å²) in [5.74, 6) is -0.274. The zero-order valence-corrected chi connectivity index (χ0v) is 12.7. The molecule has 110 valence electrons. The van der Waals surface area contributed by atoms with E-state index in [1.165, 1.54) is 11.1 Å². The van der Waals surface area contributed by atoms with Crippen LogP contribution in [0.2, 0.25) is 0 Å². The van der Waals surface area contributed by atoms with E-state index in [9.17, 15) is 4.79 Å². The zero-order valence-electron chi connectivity index (χ0n) is 12.7. The number of hydrogen-bond acceptors (Lipinski definition) is 3. The molecule has 1 saturated heterocycles. The Morgan fingerprint density at radius 3 is 2.45 bits per heavy atom. The van der Waals surface area contributed by atoms with Crippen LogP contribution in [0.25, 0.3) is 0 Å². The summed E-state index contributed by atoms with van der Waals surface area (Å²) in [6.45, 7) is 9.69. The van der Waals surface area contributed by atoms with Gasteiger partial charge in [0.15, 0.2) is 0 Å². The summed E-state index contributed by atoms with van der Waals surface area (Å²) in [5, 5.41) is 3.37. The van der Waals surface area contributed by atoms with Crippen molar-refractivity contribution in [2.75, 3.05) is 26.2 Å². The van der Waals surface area contributed by atoms with Gasteiger partial charge in [-0.15, -0.1) is 0 Å². The number of rotatable bonds is 3. The molecule has 0 bridgehead atoms. The summed E-state index contributed by atoms with van der Waals surface area (Å²) in [4.78, 5) is 14.4. The second-order valence-electron chi connectivity index (χ2n) is 5.90. The molecule has 0 aliphatic carbocycles. The highest BCUT2D eigenvalue weighted by molar-refractivity contribution is 5.85. The van der Waals surface area contributed by atoms with Crippen LogP contribution in [0, 0.1) is 13.8 Å². The lowest BCUT2D eigenvalue weighted by atomic mass is 9.87. The van der Waals surface area contributed by atoms with E-state index < -0.39 is 5.54 Å². The third-order valence-electron chi connectivity index (χ3n) is 4.24. The van der Waals surface area contributed by atoms with Crippen LogP contribution in [0.4, 0.5) is 0 Å². The molecule has 0 saturated carbocycles. The Hall–Kier alpha value is -1.39. The molecule has 20 heavy (non-hydrogen) atoms. The Morgan fingerprint density at radius 2 is 1.85 bits per heavy atom. The van der Waals surface area contributed by atoms with Crippen molar-refractivity contribution in [1.82, 2.24) is 10.2 Å². The van der Waals surface area contributed by atoms with Crippen molar-refractivity contribution in [1.29, 1.82) is 0 Å². The van der Waals surface area contributed by atoms with Gasteiger partial charge in [-0.3, -0.25) is 9.69 Å². The van der Waals surface area contributed by atoms with Gasteiger partial charge >= 0.3 is 0 Å². The zero-order chi connectivity index (χ0) is 14.8. The first-order valence-electron chi connectivity index (χ1n) is 7.29. The molecule has 0 radical (unpaired) electrons. The molecule has 4 heteroatoms. The first-order valence-corrected chi connectivity index (χ1v) is 7.29. The number of carbonyl (C=O) groups is 1. The molecule has 1 amide bonds. The fourth-order valence-electron chi connectivity index (χ4n) is 3.03. The van der Waals surface area contributed by atoms with Crippen LogP contribution in [0.15, 0.2) is 18.2 Å². The first kappa shape index (κ1) is 15.0. The minimum atomic E-state index is -0.733. The maximum absolute atomic E-state index is 12.2. The molecule has 4 nitrogen and oxygen atoms in total. The lowest BCUT2D eigenvalue weighted by Crippen LogP contribution is -2.54. The van der Waals surface area contributed by atoms with E-state index in [0.717, 1.165) is 38.2 Å². The number of nitrogens with two attached hydrogens (primary N) is 1. The van der Waals surface area contributed by atoms with Crippen LogP contribution in [-0.4, -0.2) is 37.0 Å². The van der Waals surface area contributed by atoms with E-state index in [4.69, 9.17) is 5.73 Å². The lowest BCUT2D eigenvalue weighted by molar-refractivity contribution is -0.129. The Balaban J connectivity index is 2.44. The van der Waals surface area contributed by atoms with Crippen LogP contribution >= 0.6 is 0 Å². The van der Waals surface area contributed by atoms with Crippen molar-refractivity contribution in [2.45, 2.75) is 32.7 Å². The maximum atomic E-state index is 12.2. The smallest absolute Gasteiger partial charge is 0.242 e. The van der Waals surface area contributed by atoms with E-state index in [0.29, 0.717) is 0 Å². The van der Waals surface area contributed by atoms with E-state index in [-0.39, 0.29) is 5.91 Å². The number of primary amides is 1. The van der Waals surface area contributed by atoms with Gasteiger partial charge < -0.3 is 11.1 Å². The van der Waals surface area contributed by atoms with Crippen LogP contribution in [0.3, 0.4) is 0 Å². The molecule has 1 aliphatic rings. The van der Waals surface area contributed by atoms with Crippen molar-refractivity contribution < 1.29 is 4.79 Å². The van der Waals surface area contributed by atoms with Gasteiger partial charge in [-0.25, -0.2) is 0 Å². The van der Waals surface area contributed by atoms with Crippen molar-refractivity contribution in [3.8, 4) is 0 Å². The van der Waals surface area contributed by atoms with Gasteiger partial charge in [0.05, 0.1) is 0 Å². The number of nitrogens with zero attached hydrogens (tertiary/aromatic N) is 1. The Bertz CT molecular complexity index is 472. The van der Waals surface area contributed by atoms with Crippen molar-refractivity contribution in [3.63, 3.8) is 0 Å². The topological polar surface area (TPSA) is 58.4 Å². The summed E-state index contributed by atoms with van der Waals surface area (Å²) in [6.07, 6.45) is 1.04. The highest BCUT2D eigenvalue weighted by Crippen LogP contribution is 2.30. The third kappa shape index (κ3) is 2.86. The second kappa shape index (κ2) is 5.94. The quantitative estimate of drug-likeness (QED) is 0.874. The summed E-state index contributed by atoms with van der Waals surface area (Å²) in [5.41, 5.74) is 8.39. The van der Waals surface area contributed by atoms with Crippen LogP contribution in [0.5, 0.6) is 0 Å². The summed E-state index contributed by atoms with van der Waals surface area (Å²) < 4.78 is 0. The highest BCUT2D eigenvalue weighted by atomic mass is 16.1. The largest absolute Gasteiger partial charge is 0.368 e. The van der Waals surface area contributed by atoms with Crippen LogP contribution < -0.4 is 11.1 Å². The molecule has 1 aromatic rings. The van der Waals surface area contributed by atoms with Gasteiger partial charge in [0.25, 0.3) is 0 Å². The molecule has 0 aromatic heterocycles. The second-order valence-corrected chi connectivity index (χ2v) is 5.90. The monoisotopic (exact) mass is 275 g/mol. The van der Waals surface area contributed by atoms with Crippen molar-refractivity contribution in [3.05, 3.63) is 34.9 Å². The fourth-order valence-corrected chi connectivity index (χ4v) is 3.03. The maximum Gasteiger partial charge on any atom is 0.242 e. The number of nitrogens with one attached hydrogen (secondary N) is 1. The van der Waals surface area contributed by atoms with Gasteiger partial charge in [0, 0.05) is 19.6 Å². The predicted molar refractivity (Wildman–Crippen MR) is 81.5 cm³/mol. The summed E-state index contributed by atoms with van der Waals surface area (Å²) in [6, 6.07) is 6.28. The molecule has 1 atom stereocenters. The third-order valence-corrected chi connectivity index (χ3v) is 4.24. The van der Waals surface area contributed by atoms with Crippen molar-refractivity contribution >= 4 is 5.91 Å². The Labute approximate surface area is 121 Å². The molecule has 2 rings (SSSR count). The molecule has 1 unspecified atom stereocenters. The number of hydrogen-bond donors (Lipinski definition) is 2. The molecular weight excluding hydrogens is 250 g/mol. The molecule has 1 heterocycles. The summed E-state index contributed by atoms with van der Waals surface area (Å²) in [7, 11) is 0. The number of carbonyl (C=O) groups excluding carboxylic acids is 1. The molecule has 1 fully saturated rings. The van der Waals surface area contributed by atoms with E-state index in [2.05, 4.69) is 42.3 Å². The van der Waals surface area contributed by atoms with E-state index >= 15 is 0 Å². The first-order chi connectivity index (χ1) is 9.44. The number of aryl methyl sites for hydroxylation is 2. The SMILES string of the molecule is Cc1cc(C)cc(C(C)(C(N)=O)N2CCCNCC2)c1. The van der Waals surface area contributed by atoms with Gasteiger partial charge in [0.1, 0.15) is 5.54 Å². The standard InChI is InChI=1S/C16H25N3O/c1-12-9-13(2)11-14(10-12)16(3,15(17)20)19-7-4-5-18-6-8-19/h9-11,18H,4-8H2,1-3H3,(H2,17,20). The van der Waals surface area contributed by atoms with Gasteiger partial charge in [-0.05, 0) is 39.3 Å². The average Bonchev–Trinajstić information content (AvgIpc) is 2.65. The van der Waals surface area contributed by atoms with Crippen LogP contribution in [-0.2, 0) is 10.3 Å². The molecule has 1 aliphatic heterocycles. The molecular formula is C16H25N3O. The van der Waals surface area contributed by atoms with Gasteiger partial charge in [0.2, 0.25) is 5.91 Å². The minimum Gasteiger partial charge on any atom is -0.368 e. The predicted octanol–water partition coefficient (Wildman–Crippen LogP) is 1.30. The summed E-state index contributed by atoms with van der Waals surface area (Å²) >= 11 is 0.